The number of rotatable bonds is 4. The fraction of sp³-hybridized carbons (Fsp3) is 0.333. The molecule has 8 heteroatoms. The molecule has 1 aromatic carbocycles. The molecule has 0 atom stereocenters. The lowest BCUT2D eigenvalue weighted by molar-refractivity contribution is -0.385. The Morgan fingerprint density at radius 3 is 2.55 bits per heavy atom. The molecule has 0 unspecified atom stereocenters. The van der Waals surface area contributed by atoms with Crippen LogP contribution in [0.4, 0.5) is 5.69 Å². The van der Waals surface area contributed by atoms with Gasteiger partial charge in [0.25, 0.3) is 5.69 Å². The molecule has 0 radical (unpaired) electrons. The summed E-state index contributed by atoms with van der Waals surface area (Å²) >= 11 is 3.06. The van der Waals surface area contributed by atoms with Crippen molar-refractivity contribution in [1.82, 2.24) is 10.9 Å². The highest BCUT2D eigenvalue weighted by atomic mass is 79.9. The largest absolute Gasteiger partial charge is 0.283 e. The Morgan fingerprint density at radius 1 is 1.35 bits per heavy atom. The Bertz CT molecular complexity index is 546. The average Bonchev–Trinajstić information content (AvgIpc) is 2.37. The van der Waals surface area contributed by atoms with Gasteiger partial charge in [-0.2, -0.15) is 0 Å². The fourth-order valence-electron chi connectivity index (χ4n) is 1.31. The first kappa shape index (κ1) is 16.1. The van der Waals surface area contributed by atoms with E-state index in [1.54, 1.807) is 19.9 Å². The molecule has 0 saturated carbocycles. The molecule has 0 saturated heterocycles. The number of benzene rings is 1. The lowest BCUT2D eigenvalue weighted by Crippen LogP contribution is -2.44. The monoisotopic (exact) mass is 343 g/mol. The molecule has 0 aliphatic heterocycles. The van der Waals surface area contributed by atoms with E-state index in [4.69, 9.17) is 0 Å². The van der Waals surface area contributed by atoms with E-state index in [1.165, 1.54) is 12.1 Å². The van der Waals surface area contributed by atoms with Crippen molar-refractivity contribution in [3.63, 3.8) is 0 Å². The number of nitrogens with one attached hydrogen (secondary N) is 2. The number of amides is 2. The van der Waals surface area contributed by atoms with Gasteiger partial charge in [-0.05, 0) is 27.6 Å². The maximum Gasteiger partial charge on any atom is 0.283 e. The first-order chi connectivity index (χ1) is 9.31. The third-order valence-electron chi connectivity index (χ3n) is 2.42. The van der Waals surface area contributed by atoms with Gasteiger partial charge in [0.05, 0.1) is 15.8 Å². The molecule has 20 heavy (non-hydrogen) atoms. The number of carbonyl (C=O) groups excluding carboxylic acids is 2. The number of hydrogen-bond donors (Lipinski definition) is 2. The molecule has 0 fully saturated rings. The Balaban J connectivity index is 2.65. The SMILES string of the molecule is CC(C)C(=O)NNC(=O)Cc1ccc(Br)c([N+](=O)[O-])c1. The van der Waals surface area contributed by atoms with Crippen LogP contribution in [-0.4, -0.2) is 16.7 Å². The van der Waals surface area contributed by atoms with Gasteiger partial charge in [-0.25, -0.2) is 0 Å². The first-order valence-corrected chi connectivity index (χ1v) is 6.62. The zero-order valence-corrected chi connectivity index (χ0v) is 12.6. The molecule has 0 aliphatic rings. The minimum Gasteiger partial charge on any atom is -0.273 e. The molecule has 2 amide bonds. The van der Waals surface area contributed by atoms with Gasteiger partial charge in [0.1, 0.15) is 0 Å². The van der Waals surface area contributed by atoms with Gasteiger partial charge in [0.15, 0.2) is 0 Å². The van der Waals surface area contributed by atoms with Crippen LogP contribution < -0.4 is 10.9 Å². The Labute approximate surface area is 124 Å². The molecule has 0 bridgehead atoms. The molecule has 0 aliphatic carbocycles. The van der Waals surface area contributed by atoms with Crippen molar-refractivity contribution in [3.8, 4) is 0 Å². The first-order valence-electron chi connectivity index (χ1n) is 5.82. The lowest BCUT2D eigenvalue weighted by Gasteiger charge is -2.09. The van der Waals surface area contributed by atoms with Crippen molar-refractivity contribution < 1.29 is 14.5 Å². The van der Waals surface area contributed by atoms with E-state index in [9.17, 15) is 19.7 Å². The van der Waals surface area contributed by atoms with Gasteiger partial charge >= 0.3 is 0 Å². The van der Waals surface area contributed by atoms with E-state index in [1.807, 2.05) is 0 Å². The maximum atomic E-state index is 11.6. The highest BCUT2D eigenvalue weighted by Gasteiger charge is 2.14. The standard InChI is InChI=1S/C12H14BrN3O4/c1-7(2)12(18)15-14-11(17)6-8-3-4-9(13)10(5-8)16(19)20/h3-5,7H,6H2,1-2H3,(H,14,17)(H,15,18). The summed E-state index contributed by atoms with van der Waals surface area (Å²) in [5, 5.41) is 10.8. The minimum atomic E-state index is -0.536. The summed E-state index contributed by atoms with van der Waals surface area (Å²) in [5.41, 5.74) is 4.90. The molecular weight excluding hydrogens is 330 g/mol. The molecule has 0 spiro atoms. The van der Waals surface area contributed by atoms with Gasteiger partial charge in [0.2, 0.25) is 11.8 Å². The fourth-order valence-corrected chi connectivity index (χ4v) is 1.70. The van der Waals surface area contributed by atoms with Crippen molar-refractivity contribution in [1.29, 1.82) is 0 Å². The van der Waals surface area contributed by atoms with E-state index in [-0.39, 0.29) is 23.9 Å². The van der Waals surface area contributed by atoms with Crippen LogP contribution in [0.5, 0.6) is 0 Å². The zero-order valence-electron chi connectivity index (χ0n) is 11.0. The number of nitrogens with zero attached hydrogens (tertiary/aromatic N) is 1. The molecule has 7 nitrogen and oxygen atoms in total. The summed E-state index contributed by atoms with van der Waals surface area (Å²) < 4.78 is 0.347. The molecule has 0 aromatic heterocycles. The van der Waals surface area contributed by atoms with E-state index in [0.717, 1.165) is 0 Å². The highest BCUT2D eigenvalue weighted by molar-refractivity contribution is 9.10. The van der Waals surface area contributed by atoms with Gasteiger partial charge in [-0.1, -0.05) is 19.9 Å². The molecule has 108 valence electrons. The predicted molar refractivity (Wildman–Crippen MR) is 75.6 cm³/mol. The van der Waals surface area contributed by atoms with Gasteiger partial charge in [0, 0.05) is 12.0 Å². The summed E-state index contributed by atoms with van der Waals surface area (Å²) in [4.78, 5) is 33.1. The Hall–Kier alpha value is -1.96. The van der Waals surface area contributed by atoms with Crippen LogP contribution in [0.15, 0.2) is 22.7 Å². The molecule has 1 aromatic rings. The van der Waals surface area contributed by atoms with E-state index in [0.29, 0.717) is 10.0 Å². The Morgan fingerprint density at radius 2 is 2.00 bits per heavy atom. The number of hydrogen-bond acceptors (Lipinski definition) is 4. The molecule has 0 heterocycles. The van der Waals surface area contributed by atoms with Crippen molar-refractivity contribution >= 4 is 33.4 Å². The van der Waals surface area contributed by atoms with Crippen LogP contribution in [0.25, 0.3) is 0 Å². The van der Waals surface area contributed by atoms with Crippen LogP contribution in [0, 0.1) is 16.0 Å². The van der Waals surface area contributed by atoms with Crippen LogP contribution >= 0.6 is 15.9 Å². The summed E-state index contributed by atoms with van der Waals surface area (Å²) in [6.45, 7) is 3.39. The molecular formula is C12H14BrN3O4. The Kier molecular flexibility index (Phi) is 5.63. The summed E-state index contributed by atoms with van der Waals surface area (Å²) in [5.74, 6) is -1.00. The predicted octanol–water partition coefficient (Wildman–Crippen LogP) is 1.70. The quantitative estimate of drug-likeness (QED) is 0.641. The van der Waals surface area contributed by atoms with Gasteiger partial charge in [-0.15, -0.1) is 0 Å². The molecule has 2 N–H and O–H groups in total. The van der Waals surface area contributed by atoms with Crippen LogP contribution in [0.1, 0.15) is 19.4 Å². The van der Waals surface area contributed by atoms with Gasteiger partial charge in [-0.3, -0.25) is 30.6 Å². The van der Waals surface area contributed by atoms with E-state index < -0.39 is 10.8 Å². The van der Waals surface area contributed by atoms with Crippen molar-refractivity contribution in [3.05, 3.63) is 38.3 Å². The van der Waals surface area contributed by atoms with Crippen LogP contribution in [0.2, 0.25) is 0 Å². The van der Waals surface area contributed by atoms with E-state index in [2.05, 4.69) is 26.8 Å². The van der Waals surface area contributed by atoms with Crippen molar-refractivity contribution in [2.45, 2.75) is 20.3 Å². The normalized spacial score (nSPS) is 10.2. The average molecular weight is 344 g/mol. The zero-order chi connectivity index (χ0) is 15.3. The summed E-state index contributed by atoms with van der Waals surface area (Å²) in [6.07, 6.45) is -0.0630. The lowest BCUT2D eigenvalue weighted by atomic mass is 10.1. The number of nitro benzene ring substituents is 1. The molecule has 1 rings (SSSR count). The third-order valence-corrected chi connectivity index (χ3v) is 3.09. The summed E-state index contributed by atoms with van der Waals surface area (Å²) in [7, 11) is 0. The second-order valence-electron chi connectivity index (χ2n) is 4.41. The number of hydrazine groups is 1. The topological polar surface area (TPSA) is 101 Å². The second kappa shape index (κ2) is 6.99. The number of halogens is 1. The highest BCUT2D eigenvalue weighted by Crippen LogP contribution is 2.25. The maximum absolute atomic E-state index is 11.6. The third kappa shape index (κ3) is 4.61. The van der Waals surface area contributed by atoms with E-state index >= 15 is 0 Å². The number of nitro groups is 1. The van der Waals surface area contributed by atoms with Crippen molar-refractivity contribution in [2.24, 2.45) is 5.92 Å². The summed E-state index contributed by atoms with van der Waals surface area (Å²) in [6, 6.07) is 4.42. The van der Waals surface area contributed by atoms with Crippen molar-refractivity contribution in [2.75, 3.05) is 0 Å². The smallest absolute Gasteiger partial charge is 0.273 e. The number of carbonyl (C=O) groups is 2. The van der Waals surface area contributed by atoms with Gasteiger partial charge < -0.3 is 0 Å². The minimum absolute atomic E-state index is 0.0630. The van der Waals surface area contributed by atoms with Crippen LogP contribution in [0.3, 0.4) is 0 Å². The second-order valence-corrected chi connectivity index (χ2v) is 5.27. The van der Waals surface area contributed by atoms with Crippen LogP contribution in [-0.2, 0) is 16.0 Å².